The maximum absolute atomic E-state index is 13.0. The molecule has 7 nitrogen and oxygen atoms in total. The molecule has 2 aromatic heterocycles. The summed E-state index contributed by atoms with van der Waals surface area (Å²) in [6.07, 6.45) is 0.285. The van der Waals surface area contributed by atoms with Gasteiger partial charge in [0.1, 0.15) is 10.7 Å². The lowest BCUT2D eigenvalue weighted by Crippen LogP contribution is -2.45. The van der Waals surface area contributed by atoms with E-state index in [0.29, 0.717) is 33.0 Å². The molecule has 0 bridgehead atoms. The van der Waals surface area contributed by atoms with Crippen LogP contribution in [0.15, 0.2) is 23.0 Å². The van der Waals surface area contributed by atoms with Crippen molar-refractivity contribution in [2.24, 2.45) is 0 Å². The van der Waals surface area contributed by atoms with Crippen LogP contribution >= 0.6 is 11.3 Å². The third kappa shape index (κ3) is 4.56. The van der Waals surface area contributed by atoms with Crippen LogP contribution in [0.3, 0.4) is 0 Å². The third-order valence-electron chi connectivity index (χ3n) is 5.55. The van der Waals surface area contributed by atoms with Crippen LogP contribution in [-0.4, -0.2) is 46.1 Å². The van der Waals surface area contributed by atoms with Gasteiger partial charge in [0.2, 0.25) is 0 Å². The van der Waals surface area contributed by atoms with E-state index in [0.717, 1.165) is 29.9 Å². The lowest BCUT2D eigenvalue weighted by molar-refractivity contribution is -0.0710. The maximum Gasteiger partial charge on any atom is 0.266 e. The van der Waals surface area contributed by atoms with E-state index in [4.69, 9.17) is 4.74 Å². The number of ether oxygens (including phenoxy) is 1. The number of anilines is 1. The van der Waals surface area contributed by atoms with Crippen LogP contribution in [0.25, 0.3) is 10.2 Å². The van der Waals surface area contributed by atoms with Crippen molar-refractivity contribution >= 4 is 33.1 Å². The van der Waals surface area contributed by atoms with Gasteiger partial charge in [0.15, 0.2) is 0 Å². The molecule has 1 aromatic carbocycles. The van der Waals surface area contributed by atoms with Crippen LogP contribution in [0.2, 0.25) is 0 Å². The van der Waals surface area contributed by atoms with Gasteiger partial charge in [-0.2, -0.15) is 0 Å². The SMILES string of the molecule is Cc1ccc(NC(=O)c2sc3nc(CN4CC(C)OC(C)C4)[nH]c(=O)c3c2C)c(C)c1. The largest absolute Gasteiger partial charge is 0.373 e. The number of amides is 1. The lowest BCUT2D eigenvalue weighted by Gasteiger charge is -2.34. The molecule has 1 aliphatic heterocycles. The Morgan fingerprint density at radius 2 is 1.97 bits per heavy atom. The quantitative estimate of drug-likeness (QED) is 0.645. The van der Waals surface area contributed by atoms with Crippen LogP contribution in [0.5, 0.6) is 0 Å². The first-order chi connectivity index (χ1) is 14.7. The number of aromatic amines is 1. The fourth-order valence-electron chi connectivity index (χ4n) is 4.24. The molecule has 1 aliphatic rings. The normalized spacial score (nSPS) is 19.6. The molecule has 0 radical (unpaired) electrons. The Balaban J connectivity index is 1.61. The number of benzene rings is 1. The highest BCUT2D eigenvalue weighted by molar-refractivity contribution is 7.20. The molecule has 2 unspecified atom stereocenters. The number of thiophene rings is 1. The van der Waals surface area contributed by atoms with Crippen molar-refractivity contribution in [2.45, 2.75) is 53.4 Å². The Hall–Kier alpha value is -2.55. The van der Waals surface area contributed by atoms with Crippen molar-refractivity contribution in [1.82, 2.24) is 14.9 Å². The second kappa shape index (κ2) is 8.53. The number of aryl methyl sites for hydroxylation is 3. The van der Waals surface area contributed by atoms with Crippen LogP contribution in [0.4, 0.5) is 5.69 Å². The van der Waals surface area contributed by atoms with Gasteiger partial charge >= 0.3 is 0 Å². The Morgan fingerprint density at radius 1 is 1.26 bits per heavy atom. The van der Waals surface area contributed by atoms with Gasteiger partial charge < -0.3 is 15.0 Å². The second-order valence-corrected chi connectivity index (χ2v) is 9.47. The van der Waals surface area contributed by atoms with Gasteiger partial charge in [-0.25, -0.2) is 4.98 Å². The van der Waals surface area contributed by atoms with Crippen molar-refractivity contribution in [1.29, 1.82) is 0 Å². The first-order valence-electron chi connectivity index (χ1n) is 10.5. The summed E-state index contributed by atoms with van der Waals surface area (Å²) in [4.78, 5) is 36.7. The summed E-state index contributed by atoms with van der Waals surface area (Å²) >= 11 is 1.27. The van der Waals surface area contributed by atoms with Crippen LogP contribution in [-0.2, 0) is 11.3 Å². The molecular weight excluding hydrogens is 412 g/mol. The van der Waals surface area contributed by atoms with Gasteiger partial charge in [-0.05, 0) is 51.8 Å². The van der Waals surface area contributed by atoms with Crippen LogP contribution in [0.1, 0.15) is 46.0 Å². The molecule has 1 saturated heterocycles. The van der Waals surface area contributed by atoms with E-state index in [9.17, 15) is 9.59 Å². The van der Waals surface area contributed by atoms with Gasteiger partial charge in [-0.3, -0.25) is 14.5 Å². The number of hydrogen-bond donors (Lipinski definition) is 2. The predicted molar refractivity (Wildman–Crippen MR) is 124 cm³/mol. The molecule has 164 valence electrons. The molecule has 2 N–H and O–H groups in total. The minimum atomic E-state index is -0.218. The zero-order chi connectivity index (χ0) is 22.3. The van der Waals surface area contributed by atoms with E-state index in [1.165, 1.54) is 11.3 Å². The summed E-state index contributed by atoms with van der Waals surface area (Å²) in [6, 6.07) is 5.89. The van der Waals surface area contributed by atoms with Gasteiger partial charge in [0.25, 0.3) is 11.5 Å². The average molecular weight is 441 g/mol. The van der Waals surface area contributed by atoms with Crippen molar-refractivity contribution < 1.29 is 9.53 Å². The van der Waals surface area contributed by atoms with Crippen molar-refractivity contribution in [3.05, 3.63) is 55.9 Å². The van der Waals surface area contributed by atoms with Gasteiger partial charge in [-0.1, -0.05) is 17.7 Å². The number of rotatable bonds is 4. The average Bonchev–Trinajstić information content (AvgIpc) is 3.00. The second-order valence-electron chi connectivity index (χ2n) is 8.47. The molecule has 1 amide bonds. The number of nitrogens with one attached hydrogen (secondary N) is 2. The summed E-state index contributed by atoms with van der Waals surface area (Å²) in [5.41, 5.74) is 3.37. The Bertz CT molecular complexity index is 1190. The lowest BCUT2D eigenvalue weighted by atomic mass is 10.1. The minimum Gasteiger partial charge on any atom is -0.373 e. The van der Waals surface area contributed by atoms with Gasteiger partial charge in [0, 0.05) is 18.8 Å². The Labute approximate surface area is 185 Å². The van der Waals surface area contributed by atoms with Crippen LogP contribution in [0, 0.1) is 20.8 Å². The smallest absolute Gasteiger partial charge is 0.266 e. The molecule has 31 heavy (non-hydrogen) atoms. The summed E-state index contributed by atoms with van der Waals surface area (Å²) in [5.74, 6) is 0.394. The first kappa shape index (κ1) is 21.7. The van der Waals surface area contributed by atoms with Crippen molar-refractivity contribution in [2.75, 3.05) is 18.4 Å². The molecular formula is C23H28N4O3S. The zero-order valence-corrected chi connectivity index (χ0v) is 19.4. The highest BCUT2D eigenvalue weighted by Crippen LogP contribution is 2.28. The molecule has 0 spiro atoms. The van der Waals surface area contributed by atoms with E-state index in [1.54, 1.807) is 6.92 Å². The molecule has 3 heterocycles. The maximum atomic E-state index is 13.0. The molecule has 3 aromatic rings. The molecule has 0 aliphatic carbocycles. The molecule has 1 fully saturated rings. The molecule has 4 rings (SSSR count). The number of morpholine rings is 1. The molecule has 2 atom stereocenters. The summed E-state index contributed by atoms with van der Waals surface area (Å²) in [6.45, 7) is 12.0. The highest BCUT2D eigenvalue weighted by Gasteiger charge is 2.24. The first-order valence-corrected chi connectivity index (χ1v) is 11.3. The Kier molecular flexibility index (Phi) is 5.96. The van der Waals surface area contributed by atoms with E-state index >= 15 is 0 Å². The highest BCUT2D eigenvalue weighted by atomic mass is 32.1. The van der Waals surface area contributed by atoms with E-state index in [1.807, 2.05) is 45.9 Å². The topological polar surface area (TPSA) is 87.3 Å². The number of H-pyrrole nitrogens is 1. The number of carbonyl (C=O) groups is 1. The van der Waals surface area contributed by atoms with E-state index in [-0.39, 0.29) is 23.7 Å². The fraction of sp³-hybridized carbons (Fsp3) is 0.435. The van der Waals surface area contributed by atoms with E-state index < -0.39 is 0 Å². The Morgan fingerprint density at radius 3 is 2.65 bits per heavy atom. The minimum absolute atomic E-state index is 0.142. The van der Waals surface area contributed by atoms with Crippen molar-refractivity contribution in [3.8, 4) is 0 Å². The summed E-state index contributed by atoms with van der Waals surface area (Å²) < 4.78 is 5.78. The zero-order valence-electron chi connectivity index (χ0n) is 18.5. The summed E-state index contributed by atoms with van der Waals surface area (Å²) in [7, 11) is 0. The monoisotopic (exact) mass is 440 g/mol. The number of nitrogens with zero attached hydrogens (tertiary/aromatic N) is 2. The summed E-state index contributed by atoms with van der Waals surface area (Å²) in [5, 5.41) is 3.46. The number of fused-ring (bicyclic) bond motifs is 1. The van der Waals surface area contributed by atoms with Crippen LogP contribution < -0.4 is 10.9 Å². The standard InChI is InChI=1S/C23H28N4O3S/c1-12-6-7-17(13(2)8-12)24-22(29)20-16(5)19-21(28)25-18(26-23(19)31-20)11-27-9-14(3)30-15(4)10-27/h6-8,14-15H,9-11H2,1-5H3,(H,24,29)(H,25,26,28). The predicted octanol–water partition coefficient (Wildman–Crippen LogP) is 3.77. The number of carbonyl (C=O) groups excluding carboxylic acids is 1. The third-order valence-corrected chi connectivity index (χ3v) is 6.74. The van der Waals surface area contributed by atoms with Gasteiger partial charge in [0.05, 0.1) is 29.0 Å². The fourth-order valence-corrected chi connectivity index (χ4v) is 5.33. The molecule has 8 heteroatoms. The van der Waals surface area contributed by atoms with Crippen molar-refractivity contribution in [3.63, 3.8) is 0 Å². The van der Waals surface area contributed by atoms with Gasteiger partial charge in [-0.15, -0.1) is 11.3 Å². The number of aromatic nitrogens is 2. The number of hydrogen-bond acceptors (Lipinski definition) is 6. The molecule has 0 saturated carbocycles. The van der Waals surface area contributed by atoms with E-state index in [2.05, 4.69) is 20.2 Å².